The largest absolute Gasteiger partial charge is 0.508 e. The molecule has 112 valence electrons. The second-order valence-electron chi connectivity index (χ2n) is 4.68. The molecule has 5 heteroatoms. The Morgan fingerprint density at radius 2 is 1.90 bits per heavy atom. The molecule has 0 saturated heterocycles. The average Bonchev–Trinajstić information content (AvgIpc) is 2.45. The third-order valence-corrected chi connectivity index (χ3v) is 3.16. The maximum absolute atomic E-state index is 12.3. The first-order valence-corrected chi connectivity index (χ1v) is 6.61. The van der Waals surface area contributed by atoms with E-state index in [0.29, 0.717) is 12.1 Å². The first-order valence-electron chi connectivity index (χ1n) is 6.61. The van der Waals surface area contributed by atoms with E-state index in [1.807, 2.05) is 13.0 Å². The molecule has 0 amide bonds. The summed E-state index contributed by atoms with van der Waals surface area (Å²) in [5.41, 5.74) is 1.58. The first-order chi connectivity index (χ1) is 10.1. The minimum absolute atomic E-state index is 0.0308. The fourth-order valence-electron chi connectivity index (χ4n) is 2.04. The molecule has 21 heavy (non-hydrogen) atoms. The molecule has 0 spiro atoms. The van der Waals surface area contributed by atoms with E-state index in [4.69, 9.17) is 0 Å². The Bertz CT molecular complexity index is 590. The lowest BCUT2D eigenvalue weighted by atomic mass is 10.1. The van der Waals surface area contributed by atoms with Crippen LogP contribution in [0.25, 0.3) is 0 Å². The van der Waals surface area contributed by atoms with Crippen LogP contribution in [0.1, 0.15) is 24.1 Å². The molecule has 2 rings (SSSR count). The number of halogens is 2. The molecule has 1 atom stereocenters. The van der Waals surface area contributed by atoms with Gasteiger partial charge in [-0.25, -0.2) is 0 Å². The Morgan fingerprint density at radius 3 is 2.62 bits per heavy atom. The minimum atomic E-state index is -2.84. The van der Waals surface area contributed by atoms with Crippen LogP contribution in [0.2, 0.25) is 0 Å². The molecule has 0 fully saturated rings. The van der Waals surface area contributed by atoms with E-state index in [1.165, 1.54) is 6.07 Å². The van der Waals surface area contributed by atoms with Crippen molar-refractivity contribution < 1.29 is 18.6 Å². The monoisotopic (exact) mass is 293 g/mol. The fraction of sp³-hybridized carbons (Fsp3) is 0.250. The zero-order chi connectivity index (χ0) is 15.2. The number of phenols is 1. The standard InChI is InChI=1S/C16H17F2NO2/c1-11(12-6-4-7-14(20)9-12)19-10-13-5-2-3-8-15(13)21-16(17)18/h2-9,11,16,19-20H,10H2,1H3. The highest BCUT2D eigenvalue weighted by Crippen LogP contribution is 2.22. The van der Waals surface area contributed by atoms with Gasteiger partial charge in [-0.15, -0.1) is 0 Å². The Morgan fingerprint density at radius 1 is 1.14 bits per heavy atom. The van der Waals surface area contributed by atoms with Gasteiger partial charge in [0.25, 0.3) is 0 Å². The number of phenolic OH excluding ortho intramolecular Hbond substituents is 1. The molecular formula is C16H17F2NO2. The number of alkyl halides is 2. The molecule has 1 unspecified atom stereocenters. The predicted molar refractivity (Wildman–Crippen MR) is 76.4 cm³/mol. The van der Waals surface area contributed by atoms with Crippen LogP contribution in [0.5, 0.6) is 11.5 Å². The van der Waals surface area contributed by atoms with Gasteiger partial charge in [0.2, 0.25) is 0 Å². The molecular weight excluding hydrogens is 276 g/mol. The Kier molecular flexibility index (Phi) is 5.11. The highest BCUT2D eigenvalue weighted by Gasteiger charge is 2.11. The summed E-state index contributed by atoms with van der Waals surface area (Å²) < 4.78 is 29.2. The van der Waals surface area contributed by atoms with Crippen molar-refractivity contribution in [1.82, 2.24) is 5.32 Å². The van der Waals surface area contributed by atoms with Crippen LogP contribution in [0.15, 0.2) is 48.5 Å². The summed E-state index contributed by atoms with van der Waals surface area (Å²) in [5, 5.41) is 12.7. The summed E-state index contributed by atoms with van der Waals surface area (Å²) in [4.78, 5) is 0. The third kappa shape index (κ3) is 4.43. The van der Waals surface area contributed by atoms with E-state index in [-0.39, 0.29) is 17.5 Å². The summed E-state index contributed by atoms with van der Waals surface area (Å²) in [6, 6.07) is 13.6. The van der Waals surface area contributed by atoms with Crippen LogP contribution in [0.4, 0.5) is 8.78 Å². The second-order valence-corrected chi connectivity index (χ2v) is 4.68. The lowest BCUT2D eigenvalue weighted by Gasteiger charge is -2.16. The van der Waals surface area contributed by atoms with E-state index in [1.54, 1.807) is 36.4 Å². The SMILES string of the molecule is CC(NCc1ccccc1OC(F)F)c1cccc(O)c1. The van der Waals surface area contributed by atoms with Crippen LogP contribution in [-0.2, 0) is 6.54 Å². The molecule has 0 aliphatic rings. The van der Waals surface area contributed by atoms with Crippen LogP contribution < -0.4 is 10.1 Å². The predicted octanol–water partition coefficient (Wildman–Crippen LogP) is 3.84. The van der Waals surface area contributed by atoms with Crippen LogP contribution >= 0.6 is 0 Å². The van der Waals surface area contributed by atoms with Crippen molar-refractivity contribution >= 4 is 0 Å². The molecule has 0 bridgehead atoms. The van der Waals surface area contributed by atoms with Gasteiger partial charge in [-0.05, 0) is 30.7 Å². The zero-order valence-electron chi connectivity index (χ0n) is 11.6. The van der Waals surface area contributed by atoms with Gasteiger partial charge < -0.3 is 15.2 Å². The van der Waals surface area contributed by atoms with Gasteiger partial charge in [0.05, 0.1) is 0 Å². The normalized spacial score (nSPS) is 12.4. The third-order valence-electron chi connectivity index (χ3n) is 3.16. The molecule has 0 radical (unpaired) electrons. The molecule has 2 N–H and O–H groups in total. The first kappa shape index (κ1) is 15.3. The molecule has 0 saturated carbocycles. The number of ether oxygens (including phenoxy) is 1. The van der Waals surface area contributed by atoms with Crippen LogP contribution in [0, 0.1) is 0 Å². The van der Waals surface area contributed by atoms with Crippen molar-refractivity contribution in [3.05, 3.63) is 59.7 Å². The summed E-state index contributed by atoms with van der Waals surface area (Å²) in [6.45, 7) is -0.514. The molecule has 2 aromatic rings. The highest BCUT2D eigenvalue weighted by molar-refractivity contribution is 5.34. The number of rotatable bonds is 6. The number of para-hydroxylation sites is 1. The minimum Gasteiger partial charge on any atom is -0.508 e. The van der Waals surface area contributed by atoms with Crippen molar-refractivity contribution in [2.24, 2.45) is 0 Å². The van der Waals surface area contributed by atoms with Gasteiger partial charge >= 0.3 is 6.61 Å². The lowest BCUT2D eigenvalue weighted by molar-refractivity contribution is -0.0505. The van der Waals surface area contributed by atoms with Crippen molar-refractivity contribution in [2.45, 2.75) is 26.1 Å². The van der Waals surface area contributed by atoms with E-state index in [0.717, 1.165) is 5.56 Å². The van der Waals surface area contributed by atoms with E-state index in [9.17, 15) is 13.9 Å². The van der Waals surface area contributed by atoms with Gasteiger partial charge in [0.1, 0.15) is 11.5 Å². The van der Waals surface area contributed by atoms with Crippen LogP contribution in [-0.4, -0.2) is 11.7 Å². The molecule has 0 heterocycles. The quantitative estimate of drug-likeness (QED) is 0.850. The van der Waals surface area contributed by atoms with Gasteiger partial charge in [-0.1, -0.05) is 30.3 Å². The van der Waals surface area contributed by atoms with Gasteiger partial charge in [0, 0.05) is 18.2 Å². The average molecular weight is 293 g/mol. The number of aromatic hydroxyl groups is 1. The fourth-order valence-corrected chi connectivity index (χ4v) is 2.04. The molecule has 0 aliphatic heterocycles. The maximum atomic E-state index is 12.3. The van der Waals surface area contributed by atoms with E-state index < -0.39 is 6.61 Å². The van der Waals surface area contributed by atoms with Crippen molar-refractivity contribution in [3.8, 4) is 11.5 Å². The summed E-state index contributed by atoms with van der Waals surface area (Å²) in [6.07, 6.45) is 0. The van der Waals surface area contributed by atoms with Crippen LogP contribution in [0.3, 0.4) is 0 Å². The Balaban J connectivity index is 2.02. The van der Waals surface area contributed by atoms with Gasteiger partial charge in [-0.2, -0.15) is 8.78 Å². The van der Waals surface area contributed by atoms with E-state index >= 15 is 0 Å². The Hall–Kier alpha value is -2.14. The van der Waals surface area contributed by atoms with Crippen molar-refractivity contribution in [1.29, 1.82) is 0 Å². The number of hydrogen-bond donors (Lipinski definition) is 2. The highest BCUT2D eigenvalue weighted by atomic mass is 19.3. The topological polar surface area (TPSA) is 41.5 Å². The zero-order valence-corrected chi connectivity index (χ0v) is 11.6. The van der Waals surface area contributed by atoms with Gasteiger partial charge in [-0.3, -0.25) is 0 Å². The van der Waals surface area contributed by atoms with E-state index in [2.05, 4.69) is 10.1 Å². The van der Waals surface area contributed by atoms with Gasteiger partial charge in [0.15, 0.2) is 0 Å². The lowest BCUT2D eigenvalue weighted by Crippen LogP contribution is -2.19. The Labute approximate surface area is 122 Å². The molecule has 3 nitrogen and oxygen atoms in total. The summed E-state index contributed by atoms with van der Waals surface area (Å²) in [7, 11) is 0. The maximum Gasteiger partial charge on any atom is 0.387 e. The second kappa shape index (κ2) is 7.04. The molecule has 2 aromatic carbocycles. The van der Waals surface area contributed by atoms with Crippen molar-refractivity contribution in [3.63, 3.8) is 0 Å². The van der Waals surface area contributed by atoms with Crippen molar-refractivity contribution in [2.75, 3.05) is 0 Å². The summed E-state index contributed by atoms with van der Waals surface area (Å²) in [5.74, 6) is 0.366. The molecule has 0 aromatic heterocycles. The molecule has 0 aliphatic carbocycles. The number of benzene rings is 2. The summed E-state index contributed by atoms with van der Waals surface area (Å²) >= 11 is 0. The number of nitrogens with one attached hydrogen (secondary N) is 1. The smallest absolute Gasteiger partial charge is 0.387 e. The number of hydrogen-bond acceptors (Lipinski definition) is 3.